The monoisotopic (exact) mass is 260 g/mol. The first-order valence-electron chi connectivity index (χ1n) is 7.11. The quantitative estimate of drug-likeness (QED) is 0.878. The van der Waals surface area contributed by atoms with Crippen LogP contribution in [0.5, 0.6) is 0 Å². The number of amides is 1. The van der Waals surface area contributed by atoms with Crippen molar-refractivity contribution in [2.24, 2.45) is 17.6 Å². The third kappa shape index (κ3) is 2.98. The number of nitrogens with one attached hydrogen (secondary N) is 1. The first-order valence-corrected chi connectivity index (χ1v) is 7.11. The van der Waals surface area contributed by atoms with Gasteiger partial charge in [-0.05, 0) is 57.2 Å². The molecule has 1 amide bonds. The average molecular weight is 260 g/mol. The summed E-state index contributed by atoms with van der Waals surface area (Å²) in [6.07, 6.45) is 3.17. The van der Waals surface area contributed by atoms with Crippen LogP contribution in [-0.4, -0.2) is 12.5 Å². The van der Waals surface area contributed by atoms with Gasteiger partial charge in [0.15, 0.2) is 0 Å². The van der Waals surface area contributed by atoms with Gasteiger partial charge >= 0.3 is 0 Å². The Bertz CT molecular complexity index is 459. The van der Waals surface area contributed by atoms with E-state index in [0.717, 1.165) is 36.1 Å². The Morgan fingerprint density at radius 3 is 2.47 bits per heavy atom. The Balaban J connectivity index is 2.15. The molecule has 104 valence electrons. The van der Waals surface area contributed by atoms with E-state index in [1.165, 1.54) is 5.56 Å². The molecule has 19 heavy (non-hydrogen) atoms. The van der Waals surface area contributed by atoms with E-state index in [0.29, 0.717) is 12.5 Å². The molecular weight excluding hydrogens is 236 g/mol. The highest BCUT2D eigenvalue weighted by molar-refractivity contribution is 5.94. The predicted molar refractivity (Wildman–Crippen MR) is 79.2 cm³/mol. The van der Waals surface area contributed by atoms with Crippen LogP contribution in [0.2, 0.25) is 0 Å². The topological polar surface area (TPSA) is 55.1 Å². The number of anilines is 1. The highest BCUT2D eigenvalue weighted by Crippen LogP contribution is 2.32. The fourth-order valence-corrected chi connectivity index (χ4v) is 3.26. The summed E-state index contributed by atoms with van der Waals surface area (Å²) >= 11 is 0. The lowest BCUT2D eigenvalue weighted by Gasteiger charge is -2.19. The molecule has 0 bridgehead atoms. The second-order valence-electron chi connectivity index (χ2n) is 5.80. The molecule has 1 aromatic rings. The van der Waals surface area contributed by atoms with Crippen molar-refractivity contribution in [3.63, 3.8) is 0 Å². The van der Waals surface area contributed by atoms with Gasteiger partial charge in [-0.1, -0.05) is 24.1 Å². The fourth-order valence-electron chi connectivity index (χ4n) is 3.26. The standard InChI is InChI=1S/C16H24N2O/c1-10-7-11(2)15(12(3)8-10)18-16(19)14-6-4-5-13(14)9-17/h7-8,13-14H,4-6,9,17H2,1-3H3,(H,18,19)/t13-,14-/m1/s1. The van der Waals surface area contributed by atoms with Crippen LogP contribution in [-0.2, 0) is 4.79 Å². The Morgan fingerprint density at radius 1 is 1.26 bits per heavy atom. The SMILES string of the molecule is Cc1cc(C)c(NC(=O)[C@@H]2CCC[C@@H]2CN)c(C)c1. The Labute approximate surface area is 115 Å². The summed E-state index contributed by atoms with van der Waals surface area (Å²) < 4.78 is 0. The van der Waals surface area contributed by atoms with Gasteiger partial charge in [0.1, 0.15) is 0 Å². The van der Waals surface area contributed by atoms with Gasteiger partial charge in [-0.15, -0.1) is 0 Å². The zero-order valence-electron chi connectivity index (χ0n) is 12.1. The maximum absolute atomic E-state index is 12.4. The third-order valence-electron chi connectivity index (χ3n) is 4.22. The van der Waals surface area contributed by atoms with E-state index in [4.69, 9.17) is 5.73 Å². The van der Waals surface area contributed by atoms with E-state index in [9.17, 15) is 4.79 Å². The molecule has 0 aromatic heterocycles. The number of hydrogen-bond acceptors (Lipinski definition) is 2. The minimum absolute atomic E-state index is 0.0881. The maximum Gasteiger partial charge on any atom is 0.227 e. The molecular formula is C16H24N2O. The fraction of sp³-hybridized carbons (Fsp3) is 0.562. The molecule has 3 nitrogen and oxygen atoms in total. The summed E-state index contributed by atoms with van der Waals surface area (Å²) in [6, 6.07) is 4.22. The van der Waals surface area contributed by atoms with Crippen LogP contribution in [0.4, 0.5) is 5.69 Å². The van der Waals surface area contributed by atoms with E-state index in [-0.39, 0.29) is 11.8 Å². The second kappa shape index (κ2) is 5.74. The minimum atomic E-state index is 0.0881. The van der Waals surface area contributed by atoms with Crippen LogP contribution in [0.1, 0.15) is 36.0 Å². The van der Waals surface area contributed by atoms with Crippen molar-refractivity contribution >= 4 is 11.6 Å². The molecule has 1 aliphatic rings. The van der Waals surface area contributed by atoms with Gasteiger partial charge in [0.2, 0.25) is 5.91 Å². The summed E-state index contributed by atoms with van der Waals surface area (Å²) in [5.41, 5.74) is 10.2. The van der Waals surface area contributed by atoms with Crippen LogP contribution in [0, 0.1) is 32.6 Å². The molecule has 0 saturated heterocycles. The summed E-state index contributed by atoms with van der Waals surface area (Å²) in [4.78, 5) is 12.4. The molecule has 1 saturated carbocycles. The number of rotatable bonds is 3. The second-order valence-corrected chi connectivity index (χ2v) is 5.80. The zero-order valence-corrected chi connectivity index (χ0v) is 12.1. The maximum atomic E-state index is 12.4. The van der Waals surface area contributed by atoms with Crippen molar-refractivity contribution in [1.29, 1.82) is 0 Å². The molecule has 3 heteroatoms. The molecule has 1 aliphatic carbocycles. The third-order valence-corrected chi connectivity index (χ3v) is 4.22. The van der Waals surface area contributed by atoms with Gasteiger partial charge in [0.05, 0.1) is 0 Å². The number of carbonyl (C=O) groups excluding carboxylic acids is 1. The molecule has 1 aromatic carbocycles. The van der Waals surface area contributed by atoms with E-state index in [2.05, 4.69) is 24.4 Å². The molecule has 0 heterocycles. The molecule has 3 N–H and O–H groups in total. The molecule has 0 aliphatic heterocycles. The van der Waals surface area contributed by atoms with Crippen LogP contribution in [0.25, 0.3) is 0 Å². The molecule has 0 unspecified atom stereocenters. The lowest BCUT2D eigenvalue weighted by molar-refractivity contribution is -0.120. The minimum Gasteiger partial charge on any atom is -0.330 e. The normalized spacial score (nSPS) is 22.5. The summed E-state index contributed by atoms with van der Waals surface area (Å²) in [7, 11) is 0. The van der Waals surface area contributed by atoms with E-state index < -0.39 is 0 Å². The highest BCUT2D eigenvalue weighted by atomic mass is 16.1. The lowest BCUT2D eigenvalue weighted by atomic mass is 9.95. The molecule has 0 radical (unpaired) electrons. The first-order chi connectivity index (χ1) is 9.02. The number of nitrogens with two attached hydrogens (primary N) is 1. The summed E-state index contributed by atoms with van der Waals surface area (Å²) in [5.74, 6) is 0.583. The zero-order chi connectivity index (χ0) is 14.0. The molecule has 2 atom stereocenters. The van der Waals surface area contributed by atoms with Crippen molar-refractivity contribution in [2.75, 3.05) is 11.9 Å². The van der Waals surface area contributed by atoms with E-state index in [1.807, 2.05) is 13.8 Å². The lowest BCUT2D eigenvalue weighted by Crippen LogP contribution is -2.30. The Morgan fingerprint density at radius 2 is 1.89 bits per heavy atom. The first kappa shape index (κ1) is 14.1. The van der Waals surface area contributed by atoms with Crippen molar-refractivity contribution in [2.45, 2.75) is 40.0 Å². The Hall–Kier alpha value is -1.35. The Kier molecular flexibility index (Phi) is 4.25. The van der Waals surface area contributed by atoms with E-state index >= 15 is 0 Å². The van der Waals surface area contributed by atoms with Crippen LogP contribution < -0.4 is 11.1 Å². The largest absolute Gasteiger partial charge is 0.330 e. The molecule has 0 spiro atoms. The van der Waals surface area contributed by atoms with E-state index in [1.54, 1.807) is 0 Å². The van der Waals surface area contributed by atoms with Gasteiger partial charge in [-0.25, -0.2) is 0 Å². The number of carbonyl (C=O) groups is 1. The number of aryl methyl sites for hydroxylation is 3. The van der Waals surface area contributed by atoms with Crippen LogP contribution in [0.3, 0.4) is 0 Å². The predicted octanol–water partition coefficient (Wildman–Crippen LogP) is 2.93. The summed E-state index contributed by atoms with van der Waals surface area (Å²) in [6.45, 7) is 6.78. The van der Waals surface area contributed by atoms with Crippen LogP contribution in [0.15, 0.2) is 12.1 Å². The smallest absolute Gasteiger partial charge is 0.227 e. The van der Waals surface area contributed by atoms with Crippen molar-refractivity contribution < 1.29 is 4.79 Å². The number of benzene rings is 1. The molecule has 2 rings (SSSR count). The van der Waals surface area contributed by atoms with Crippen molar-refractivity contribution in [1.82, 2.24) is 0 Å². The van der Waals surface area contributed by atoms with Crippen molar-refractivity contribution in [3.8, 4) is 0 Å². The van der Waals surface area contributed by atoms with Gasteiger partial charge in [-0.3, -0.25) is 4.79 Å². The van der Waals surface area contributed by atoms with Gasteiger partial charge in [0.25, 0.3) is 0 Å². The molecule has 1 fully saturated rings. The van der Waals surface area contributed by atoms with Crippen LogP contribution >= 0.6 is 0 Å². The van der Waals surface area contributed by atoms with Gasteiger partial charge < -0.3 is 11.1 Å². The number of hydrogen-bond donors (Lipinski definition) is 2. The highest BCUT2D eigenvalue weighted by Gasteiger charge is 2.32. The van der Waals surface area contributed by atoms with Crippen molar-refractivity contribution in [3.05, 3.63) is 28.8 Å². The van der Waals surface area contributed by atoms with Gasteiger partial charge in [0, 0.05) is 11.6 Å². The average Bonchev–Trinajstić information content (AvgIpc) is 2.81. The summed E-state index contributed by atoms with van der Waals surface area (Å²) in [5, 5.41) is 3.12. The van der Waals surface area contributed by atoms with Gasteiger partial charge in [-0.2, -0.15) is 0 Å².